The van der Waals surface area contributed by atoms with E-state index >= 15 is 0 Å². The van der Waals surface area contributed by atoms with Gasteiger partial charge in [0.2, 0.25) is 0 Å². The van der Waals surface area contributed by atoms with Gasteiger partial charge in [0, 0.05) is 10.6 Å². The third-order valence-corrected chi connectivity index (χ3v) is 4.01. The van der Waals surface area contributed by atoms with Crippen LogP contribution in [0.5, 0.6) is 0 Å². The standard InChI is InChI=1S/C18H19ClN2O4/c1-11-9-15(13-5-7-14(19)8-6-13)16(10-12(11)2)21(18(23)25-4)20-17(22)24-3/h5-10H,1-4H3,(H,20,22). The molecule has 2 rings (SSSR count). The van der Waals surface area contributed by atoms with Crippen molar-refractivity contribution in [3.8, 4) is 11.1 Å². The van der Waals surface area contributed by atoms with Crippen LogP contribution < -0.4 is 10.4 Å². The van der Waals surface area contributed by atoms with Crippen molar-refractivity contribution >= 4 is 29.5 Å². The number of nitrogens with one attached hydrogen (secondary N) is 1. The van der Waals surface area contributed by atoms with Crippen molar-refractivity contribution in [2.24, 2.45) is 0 Å². The number of carbonyl (C=O) groups is 2. The number of hydrogen-bond donors (Lipinski definition) is 1. The molecule has 0 unspecified atom stereocenters. The number of hydrazine groups is 1. The van der Waals surface area contributed by atoms with Gasteiger partial charge in [-0.3, -0.25) is 0 Å². The Bertz CT molecular complexity index is 790. The topological polar surface area (TPSA) is 67.9 Å². The van der Waals surface area contributed by atoms with E-state index in [1.165, 1.54) is 14.2 Å². The van der Waals surface area contributed by atoms with Crippen LogP contribution in [0.2, 0.25) is 5.02 Å². The van der Waals surface area contributed by atoms with Gasteiger partial charge in [0.25, 0.3) is 0 Å². The Balaban J connectivity index is 2.63. The van der Waals surface area contributed by atoms with Crippen LogP contribution >= 0.6 is 11.6 Å². The largest absolute Gasteiger partial charge is 0.452 e. The number of amides is 2. The van der Waals surface area contributed by atoms with Crippen molar-refractivity contribution in [2.75, 3.05) is 19.2 Å². The second-order valence-electron chi connectivity index (χ2n) is 5.37. The van der Waals surface area contributed by atoms with Crippen LogP contribution in [0.4, 0.5) is 15.3 Å². The summed E-state index contributed by atoms with van der Waals surface area (Å²) in [7, 11) is 2.45. The Morgan fingerprint density at radius 2 is 1.60 bits per heavy atom. The molecule has 0 spiro atoms. The summed E-state index contributed by atoms with van der Waals surface area (Å²) in [4.78, 5) is 23.9. The molecule has 2 aromatic rings. The summed E-state index contributed by atoms with van der Waals surface area (Å²) in [5.74, 6) is 0. The number of methoxy groups -OCH3 is 2. The molecule has 1 N–H and O–H groups in total. The van der Waals surface area contributed by atoms with Crippen LogP contribution in [-0.4, -0.2) is 26.4 Å². The number of ether oxygens (including phenoxy) is 2. The second kappa shape index (κ2) is 7.90. The Morgan fingerprint density at radius 1 is 1.00 bits per heavy atom. The number of aryl methyl sites for hydroxylation is 2. The summed E-state index contributed by atoms with van der Waals surface area (Å²) in [6.07, 6.45) is -1.53. The number of carbonyl (C=O) groups excluding carboxylic acids is 2. The maximum Gasteiger partial charge on any atom is 0.433 e. The molecule has 25 heavy (non-hydrogen) atoms. The van der Waals surface area contributed by atoms with Gasteiger partial charge < -0.3 is 9.47 Å². The lowest BCUT2D eigenvalue weighted by molar-refractivity contribution is 0.157. The molecular weight excluding hydrogens is 344 g/mol. The van der Waals surface area contributed by atoms with Crippen molar-refractivity contribution in [1.82, 2.24) is 5.43 Å². The lowest BCUT2D eigenvalue weighted by Gasteiger charge is -2.24. The molecule has 0 saturated carbocycles. The first-order valence-electron chi connectivity index (χ1n) is 7.47. The van der Waals surface area contributed by atoms with E-state index in [2.05, 4.69) is 10.2 Å². The lowest BCUT2D eigenvalue weighted by atomic mass is 9.98. The summed E-state index contributed by atoms with van der Waals surface area (Å²) in [5, 5.41) is 1.62. The summed E-state index contributed by atoms with van der Waals surface area (Å²) >= 11 is 5.96. The molecule has 2 aromatic carbocycles. The van der Waals surface area contributed by atoms with Crippen LogP contribution in [0, 0.1) is 13.8 Å². The fourth-order valence-corrected chi connectivity index (χ4v) is 2.41. The van der Waals surface area contributed by atoms with Gasteiger partial charge in [-0.05, 0) is 54.8 Å². The Morgan fingerprint density at radius 3 is 2.16 bits per heavy atom. The van der Waals surface area contributed by atoms with Gasteiger partial charge in [-0.15, -0.1) is 0 Å². The molecule has 0 aromatic heterocycles. The molecule has 0 radical (unpaired) electrons. The maximum atomic E-state index is 12.2. The minimum atomic E-state index is -0.786. The Hall–Kier alpha value is -2.73. The average molecular weight is 363 g/mol. The van der Waals surface area contributed by atoms with Gasteiger partial charge in [-0.1, -0.05) is 23.7 Å². The molecule has 0 fully saturated rings. The highest BCUT2D eigenvalue weighted by Crippen LogP contribution is 2.34. The summed E-state index contributed by atoms with van der Waals surface area (Å²) < 4.78 is 9.38. The minimum absolute atomic E-state index is 0.461. The van der Waals surface area contributed by atoms with E-state index in [0.717, 1.165) is 27.3 Å². The predicted octanol–water partition coefficient (Wildman–Crippen LogP) is 4.47. The molecule has 0 heterocycles. The van der Waals surface area contributed by atoms with Crippen molar-refractivity contribution < 1.29 is 19.1 Å². The third-order valence-electron chi connectivity index (χ3n) is 3.75. The van der Waals surface area contributed by atoms with Crippen LogP contribution in [0.3, 0.4) is 0 Å². The SMILES string of the molecule is COC(=O)NN(C(=O)OC)c1cc(C)c(C)cc1-c1ccc(Cl)cc1. The minimum Gasteiger partial charge on any atom is -0.452 e. The van der Waals surface area contributed by atoms with Gasteiger partial charge in [-0.2, -0.15) is 5.01 Å². The Kier molecular flexibility index (Phi) is 5.88. The van der Waals surface area contributed by atoms with Crippen LogP contribution in [0.25, 0.3) is 11.1 Å². The fraction of sp³-hybridized carbons (Fsp3) is 0.222. The van der Waals surface area contributed by atoms with E-state index < -0.39 is 12.2 Å². The summed E-state index contributed by atoms with van der Waals surface area (Å²) in [6, 6.07) is 10.9. The first-order chi connectivity index (χ1) is 11.9. The number of halogens is 1. The highest BCUT2D eigenvalue weighted by molar-refractivity contribution is 6.30. The molecule has 6 nitrogen and oxygen atoms in total. The lowest BCUT2D eigenvalue weighted by Crippen LogP contribution is -2.46. The zero-order chi connectivity index (χ0) is 18.6. The van der Waals surface area contributed by atoms with Crippen LogP contribution in [-0.2, 0) is 9.47 Å². The highest BCUT2D eigenvalue weighted by Gasteiger charge is 2.23. The van der Waals surface area contributed by atoms with E-state index in [9.17, 15) is 9.59 Å². The van der Waals surface area contributed by atoms with Gasteiger partial charge in [0.15, 0.2) is 0 Å². The molecule has 0 bridgehead atoms. The first-order valence-corrected chi connectivity index (χ1v) is 7.85. The monoisotopic (exact) mass is 362 g/mol. The third kappa shape index (κ3) is 4.22. The zero-order valence-electron chi connectivity index (χ0n) is 14.4. The van der Waals surface area contributed by atoms with Gasteiger partial charge in [0.1, 0.15) is 0 Å². The zero-order valence-corrected chi connectivity index (χ0v) is 15.2. The Labute approximate surface area is 151 Å². The average Bonchev–Trinajstić information content (AvgIpc) is 2.61. The van der Waals surface area contributed by atoms with Crippen molar-refractivity contribution in [2.45, 2.75) is 13.8 Å². The fourth-order valence-electron chi connectivity index (χ4n) is 2.28. The first kappa shape index (κ1) is 18.6. The molecule has 0 aliphatic rings. The molecular formula is C18H19ClN2O4. The number of benzene rings is 2. The van der Waals surface area contributed by atoms with Crippen LogP contribution in [0.15, 0.2) is 36.4 Å². The molecule has 0 atom stereocenters. The van der Waals surface area contributed by atoms with Crippen LogP contribution in [0.1, 0.15) is 11.1 Å². The van der Waals surface area contributed by atoms with Crippen molar-refractivity contribution in [3.05, 3.63) is 52.5 Å². The summed E-state index contributed by atoms with van der Waals surface area (Å²) in [5.41, 5.74) is 6.40. The maximum absolute atomic E-state index is 12.2. The molecule has 2 amide bonds. The van der Waals surface area contributed by atoms with Gasteiger partial charge in [-0.25, -0.2) is 15.0 Å². The molecule has 132 valence electrons. The van der Waals surface area contributed by atoms with E-state index in [-0.39, 0.29) is 0 Å². The summed E-state index contributed by atoms with van der Waals surface area (Å²) in [6.45, 7) is 3.88. The number of hydrogen-bond acceptors (Lipinski definition) is 4. The smallest absolute Gasteiger partial charge is 0.433 e. The predicted molar refractivity (Wildman–Crippen MR) is 96.8 cm³/mol. The molecule has 0 aliphatic carbocycles. The van der Waals surface area contributed by atoms with E-state index in [1.807, 2.05) is 32.0 Å². The van der Waals surface area contributed by atoms with Crippen molar-refractivity contribution in [1.29, 1.82) is 0 Å². The number of rotatable bonds is 2. The van der Waals surface area contributed by atoms with E-state index in [1.54, 1.807) is 18.2 Å². The second-order valence-corrected chi connectivity index (χ2v) is 5.81. The highest BCUT2D eigenvalue weighted by atomic mass is 35.5. The molecule has 7 heteroatoms. The molecule has 0 saturated heterocycles. The normalized spacial score (nSPS) is 10.1. The number of anilines is 1. The van der Waals surface area contributed by atoms with Gasteiger partial charge >= 0.3 is 12.2 Å². The van der Waals surface area contributed by atoms with E-state index in [4.69, 9.17) is 16.3 Å². The van der Waals surface area contributed by atoms with Gasteiger partial charge in [0.05, 0.1) is 19.9 Å². The van der Waals surface area contributed by atoms with Crippen molar-refractivity contribution in [3.63, 3.8) is 0 Å². The quantitative estimate of drug-likeness (QED) is 0.800. The number of nitrogens with zero attached hydrogens (tertiary/aromatic N) is 1. The molecule has 0 aliphatic heterocycles. The van der Waals surface area contributed by atoms with E-state index in [0.29, 0.717) is 10.7 Å².